The Bertz CT molecular complexity index is 1600. The number of hydrogen-bond acceptors (Lipinski definition) is 4. The van der Waals surface area contributed by atoms with Crippen molar-refractivity contribution >= 4 is 33.1 Å². The average molecular weight is 494 g/mol. The second-order valence-corrected chi connectivity index (χ2v) is 10.0. The maximum atomic E-state index is 12.9. The lowest BCUT2D eigenvalue weighted by Gasteiger charge is -2.11. The zero-order valence-electron chi connectivity index (χ0n) is 19.5. The Balaban J connectivity index is 1.48. The summed E-state index contributed by atoms with van der Waals surface area (Å²) in [7, 11) is -3.01. The third-order valence-corrected chi connectivity index (χ3v) is 6.79. The monoisotopic (exact) mass is 493 g/mol. The number of anilines is 1. The maximum absolute atomic E-state index is 12.9. The van der Waals surface area contributed by atoms with Gasteiger partial charge < -0.3 is 5.32 Å². The number of carbonyl (C=O) groups is 2. The van der Waals surface area contributed by atoms with Gasteiger partial charge in [0.05, 0.1) is 15.3 Å². The molecule has 2 amide bonds. The largest absolute Gasteiger partial charge is 0.322 e. The number of carbonyl (C=O) groups excluding carboxylic acids is 2. The summed E-state index contributed by atoms with van der Waals surface area (Å²) in [6.45, 7) is 1.89. The highest BCUT2D eigenvalue weighted by atomic mass is 32.2. The summed E-state index contributed by atoms with van der Waals surface area (Å²) in [5, 5.41) is 2.89. The lowest BCUT2D eigenvalue weighted by Crippen LogP contribution is -2.30. The molecule has 6 nitrogen and oxygen atoms in total. The number of nitrogens with one attached hydrogen (secondary N) is 2. The Kier molecular flexibility index (Phi) is 7.28. The van der Waals surface area contributed by atoms with Gasteiger partial charge in [-0.15, -0.1) is 0 Å². The van der Waals surface area contributed by atoms with Crippen molar-refractivity contribution in [2.24, 2.45) is 0 Å². The van der Waals surface area contributed by atoms with Crippen molar-refractivity contribution in [2.45, 2.75) is 11.8 Å². The van der Waals surface area contributed by atoms with Crippen LogP contribution in [0.4, 0.5) is 5.69 Å². The predicted octanol–water partition coefficient (Wildman–Crippen LogP) is 4.46. The first-order valence-electron chi connectivity index (χ1n) is 11.0. The number of aryl methyl sites for hydroxylation is 1. The number of nitrogens with zero attached hydrogens (tertiary/aromatic N) is 1. The van der Waals surface area contributed by atoms with Gasteiger partial charge in [0.1, 0.15) is 0 Å². The van der Waals surface area contributed by atoms with Crippen molar-refractivity contribution < 1.29 is 13.8 Å². The van der Waals surface area contributed by atoms with Crippen molar-refractivity contribution in [3.05, 3.63) is 125 Å². The molecule has 7 heteroatoms. The molecular formula is C29H23N3O3S. The molecule has 0 fully saturated rings. The number of pyridine rings is 1. The Morgan fingerprint density at radius 1 is 0.833 bits per heavy atom. The van der Waals surface area contributed by atoms with Gasteiger partial charge in [-0.25, -0.2) is 4.21 Å². The van der Waals surface area contributed by atoms with E-state index in [1.165, 1.54) is 12.4 Å². The van der Waals surface area contributed by atoms with Gasteiger partial charge in [-0.05, 0) is 60.8 Å². The van der Waals surface area contributed by atoms with Gasteiger partial charge in [-0.2, -0.15) is 0 Å². The molecule has 3 aromatic carbocycles. The SMILES string of the molecule is C=S(=O)(NC(=O)c1cncc(C#Cc2cccc(NC(=O)c3ccccc3C)c2)c1)c1ccccc1. The summed E-state index contributed by atoms with van der Waals surface area (Å²) in [6.07, 6.45) is 2.91. The summed E-state index contributed by atoms with van der Waals surface area (Å²) in [6, 6.07) is 24.7. The molecule has 178 valence electrons. The third kappa shape index (κ3) is 6.06. The summed E-state index contributed by atoms with van der Waals surface area (Å²) in [4.78, 5) is 29.8. The smallest absolute Gasteiger partial charge is 0.264 e. The van der Waals surface area contributed by atoms with E-state index >= 15 is 0 Å². The Labute approximate surface area is 210 Å². The van der Waals surface area contributed by atoms with E-state index in [-0.39, 0.29) is 11.5 Å². The van der Waals surface area contributed by atoms with Gasteiger partial charge in [0.15, 0.2) is 0 Å². The molecule has 1 unspecified atom stereocenters. The van der Waals surface area contributed by atoms with Crippen LogP contribution < -0.4 is 10.0 Å². The topological polar surface area (TPSA) is 88.2 Å². The molecule has 0 saturated carbocycles. The quantitative estimate of drug-likeness (QED) is 0.317. The van der Waals surface area contributed by atoms with Gasteiger partial charge in [0, 0.05) is 39.7 Å². The van der Waals surface area contributed by atoms with Gasteiger partial charge in [-0.1, -0.05) is 54.3 Å². The van der Waals surface area contributed by atoms with Crippen LogP contribution in [0.1, 0.15) is 37.4 Å². The van der Waals surface area contributed by atoms with Crippen molar-refractivity contribution in [3.8, 4) is 11.8 Å². The summed E-state index contributed by atoms with van der Waals surface area (Å²) in [5.74, 6) is 8.92. The van der Waals surface area contributed by atoms with Gasteiger partial charge in [0.25, 0.3) is 11.8 Å². The lowest BCUT2D eigenvalue weighted by molar-refractivity contribution is 0.0980. The van der Waals surface area contributed by atoms with E-state index in [1.54, 1.807) is 60.7 Å². The molecule has 1 heterocycles. The molecule has 1 atom stereocenters. The molecule has 0 aliphatic heterocycles. The van der Waals surface area contributed by atoms with Gasteiger partial charge in [-0.3, -0.25) is 19.3 Å². The third-order valence-electron chi connectivity index (χ3n) is 5.24. The zero-order valence-corrected chi connectivity index (χ0v) is 20.3. The molecule has 1 aromatic heterocycles. The zero-order chi connectivity index (χ0) is 25.5. The molecule has 0 aliphatic carbocycles. The molecular weight excluding hydrogens is 470 g/mol. The summed E-state index contributed by atoms with van der Waals surface area (Å²) >= 11 is 0. The van der Waals surface area contributed by atoms with E-state index in [1.807, 2.05) is 31.2 Å². The highest BCUT2D eigenvalue weighted by Gasteiger charge is 2.14. The molecule has 0 aliphatic rings. The van der Waals surface area contributed by atoms with E-state index in [0.717, 1.165) is 5.56 Å². The van der Waals surface area contributed by atoms with Crippen LogP contribution in [0.25, 0.3) is 0 Å². The van der Waals surface area contributed by atoms with Crippen LogP contribution in [0.15, 0.2) is 102 Å². The molecule has 0 radical (unpaired) electrons. The maximum Gasteiger partial charge on any atom is 0.264 e. The molecule has 0 bridgehead atoms. The lowest BCUT2D eigenvalue weighted by atomic mass is 10.1. The van der Waals surface area contributed by atoms with E-state index in [4.69, 9.17) is 0 Å². The predicted molar refractivity (Wildman–Crippen MR) is 143 cm³/mol. The van der Waals surface area contributed by atoms with Crippen molar-refractivity contribution in [1.82, 2.24) is 9.71 Å². The van der Waals surface area contributed by atoms with Crippen LogP contribution in [-0.4, -0.2) is 26.9 Å². The first-order chi connectivity index (χ1) is 17.3. The molecule has 36 heavy (non-hydrogen) atoms. The summed E-state index contributed by atoms with van der Waals surface area (Å²) in [5.41, 5.74) is 3.51. The van der Waals surface area contributed by atoms with E-state index in [2.05, 4.69) is 32.7 Å². The standard InChI is InChI=1S/C29H23N3O3S/c1-21-9-6-7-14-27(21)29(34)31-25-11-8-10-22(18-25)15-16-23-17-24(20-30-19-23)28(33)32-36(2,35)26-12-4-3-5-13-26/h3-14,17-20H,2H2,1H3,(H,31,34)(H,32,33,35). The Morgan fingerprint density at radius 2 is 1.56 bits per heavy atom. The first-order valence-corrected chi connectivity index (χ1v) is 12.7. The second kappa shape index (κ2) is 10.7. The minimum absolute atomic E-state index is 0.196. The minimum Gasteiger partial charge on any atom is -0.322 e. The highest BCUT2D eigenvalue weighted by Crippen LogP contribution is 2.14. The average Bonchev–Trinajstić information content (AvgIpc) is 2.88. The number of amides is 2. The summed E-state index contributed by atoms with van der Waals surface area (Å²) < 4.78 is 15.3. The van der Waals surface area contributed by atoms with E-state index < -0.39 is 15.6 Å². The number of rotatable bonds is 5. The molecule has 0 saturated heterocycles. The Morgan fingerprint density at radius 3 is 2.33 bits per heavy atom. The van der Waals surface area contributed by atoms with Crippen LogP contribution in [0.3, 0.4) is 0 Å². The normalized spacial score (nSPS) is 11.9. The van der Waals surface area contributed by atoms with Crippen LogP contribution in [0.5, 0.6) is 0 Å². The first kappa shape index (κ1) is 24.5. The highest BCUT2D eigenvalue weighted by molar-refractivity contribution is 7.99. The number of hydrogen-bond donors (Lipinski definition) is 2. The molecule has 4 rings (SSSR count). The van der Waals surface area contributed by atoms with Crippen LogP contribution in [0, 0.1) is 18.8 Å². The second-order valence-electron chi connectivity index (χ2n) is 7.98. The fourth-order valence-electron chi connectivity index (χ4n) is 3.39. The van der Waals surface area contributed by atoms with Crippen molar-refractivity contribution in [3.63, 3.8) is 0 Å². The number of aromatic nitrogens is 1. The fraction of sp³-hybridized carbons (Fsp3) is 0.0345. The molecule has 2 N–H and O–H groups in total. The van der Waals surface area contributed by atoms with Gasteiger partial charge in [0.2, 0.25) is 0 Å². The molecule has 4 aromatic rings. The van der Waals surface area contributed by atoms with Crippen LogP contribution in [0.2, 0.25) is 0 Å². The van der Waals surface area contributed by atoms with Crippen LogP contribution >= 0.6 is 0 Å². The van der Waals surface area contributed by atoms with E-state index in [9.17, 15) is 13.8 Å². The number of benzene rings is 3. The van der Waals surface area contributed by atoms with Crippen molar-refractivity contribution in [1.29, 1.82) is 0 Å². The fourth-order valence-corrected chi connectivity index (χ4v) is 4.52. The van der Waals surface area contributed by atoms with Gasteiger partial charge >= 0.3 is 0 Å². The Hall–Kier alpha value is -4.67. The van der Waals surface area contributed by atoms with E-state index in [0.29, 0.717) is 27.3 Å². The van der Waals surface area contributed by atoms with Crippen molar-refractivity contribution in [2.75, 3.05) is 5.32 Å². The minimum atomic E-state index is -3.01. The molecule has 0 spiro atoms. The van der Waals surface area contributed by atoms with Crippen LogP contribution in [-0.2, 0) is 9.71 Å².